The normalized spacial score (nSPS) is 14.7. The topological polar surface area (TPSA) is 94.5 Å². The van der Waals surface area contributed by atoms with Crippen LogP contribution in [0.1, 0.15) is 12.8 Å². The van der Waals surface area contributed by atoms with Crippen LogP contribution in [0.25, 0.3) is 10.9 Å². The fraction of sp³-hybridized carbons (Fsp3) is 0.400. The minimum Gasteiger partial charge on any atom is -0.493 e. The van der Waals surface area contributed by atoms with E-state index < -0.39 is 0 Å². The molecule has 0 amide bonds. The standard InChI is InChI=1S/C20H24N6O3/c1-27-15-11-14-17(19(29-3)18(15)28-2)21-12-22-20(14)24-13-6-9-26(10-7-13)16-5-4-8-23-25-16/h4-5,8,11-13H,6-7,9-10H2,1-3H3,(H,21,22,24). The molecule has 9 heteroatoms. The van der Waals surface area contributed by atoms with Crippen molar-refractivity contribution in [2.24, 2.45) is 0 Å². The number of aromatic nitrogens is 4. The van der Waals surface area contributed by atoms with Crippen molar-refractivity contribution in [3.63, 3.8) is 0 Å². The first-order valence-electron chi connectivity index (χ1n) is 9.48. The van der Waals surface area contributed by atoms with E-state index in [0.717, 1.165) is 43.0 Å². The van der Waals surface area contributed by atoms with Crippen molar-refractivity contribution in [3.05, 3.63) is 30.7 Å². The molecule has 3 heterocycles. The Hall–Kier alpha value is -3.36. The molecule has 0 radical (unpaired) electrons. The van der Waals surface area contributed by atoms with Crippen molar-refractivity contribution >= 4 is 22.5 Å². The molecule has 0 bridgehead atoms. The first-order chi connectivity index (χ1) is 14.2. The summed E-state index contributed by atoms with van der Waals surface area (Å²) < 4.78 is 16.5. The maximum absolute atomic E-state index is 5.56. The van der Waals surface area contributed by atoms with Crippen LogP contribution in [0.3, 0.4) is 0 Å². The Morgan fingerprint density at radius 3 is 2.48 bits per heavy atom. The zero-order valence-corrected chi connectivity index (χ0v) is 16.8. The predicted molar refractivity (Wildman–Crippen MR) is 110 cm³/mol. The van der Waals surface area contributed by atoms with Gasteiger partial charge in [-0.05, 0) is 31.0 Å². The lowest BCUT2D eigenvalue weighted by Gasteiger charge is -2.33. The Labute approximate surface area is 169 Å². The van der Waals surface area contributed by atoms with Gasteiger partial charge in [0.1, 0.15) is 17.7 Å². The molecule has 2 aromatic heterocycles. The van der Waals surface area contributed by atoms with E-state index in [0.29, 0.717) is 28.8 Å². The molecule has 0 atom stereocenters. The van der Waals surface area contributed by atoms with Crippen molar-refractivity contribution in [2.75, 3.05) is 44.6 Å². The van der Waals surface area contributed by atoms with Gasteiger partial charge in [-0.3, -0.25) is 0 Å². The quantitative estimate of drug-likeness (QED) is 0.674. The summed E-state index contributed by atoms with van der Waals surface area (Å²) in [5, 5.41) is 12.6. The number of anilines is 2. The highest BCUT2D eigenvalue weighted by Crippen LogP contribution is 2.43. The zero-order chi connectivity index (χ0) is 20.2. The van der Waals surface area contributed by atoms with E-state index in [1.807, 2.05) is 18.2 Å². The maximum atomic E-state index is 5.56. The molecule has 1 aromatic carbocycles. The molecule has 1 N–H and O–H groups in total. The van der Waals surface area contributed by atoms with Gasteiger partial charge < -0.3 is 24.4 Å². The van der Waals surface area contributed by atoms with E-state index >= 15 is 0 Å². The molecule has 3 aromatic rings. The van der Waals surface area contributed by atoms with Crippen LogP contribution in [-0.4, -0.2) is 60.6 Å². The average molecular weight is 396 g/mol. The lowest BCUT2D eigenvalue weighted by Crippen LogP contribution is -2.39. The number of benzene rings is 1. The zero-order valence-electron chi connectivity index (χ0n) is 16.8. The molecule has 1 aliphatic heterocycles. The molecule has 0 spiro atoms. The van der Waals surface area contributed by atoms with Crippen LogP contribution in [0.2, 0.25) is 0 Å². The van der Waals surface area contributed by atoms with Gasteiger partial charge in [-0.15, -0.1) is 5.10 Å². The highest BCUT2D eigenvalue weighted by atomic mass is 16.5. The van der Waals surface area contributed by atoms with Gasteiger partial charge in [0.2, 0.25) is 5.75 Å². The molecular weight excluding hydrogens is 372 g/mol. The van der Waals surface area contributed by atoms with Gasteiger partial charge in [0.25, 0.3) is 0 Å². The first-order valence-corrected chi connectivity index (χ1v) is 9.48. The molecule has 1 fully saturated rings. The fourth-order valence-corrected chi connectivity index (χ4v) is 3.69. The summed E-state index contributed by atoms with van der Waals surface area (Å²) in [6.07, 6.45) is 5.16. The van der Waals surface area contributed by atoms with Gasteiger partial charge in [-0.1, -0.05) is 0 Å². The Morgan fingerprint density at radius 1 is 1.03 bits per heavy atom. The summed E-state index contributed by atoms with van der Waals surface area (Å²) in [7, 11) is 4.77. The lowest BCUT2D eigenvalue weighted by molar-refractivity contribution is 0.327. The van der Waals surface area contributed by atoms with Crippen LogP contribution in [0.5, 0.6) is 17.2 Å². The second-order valence-corrected chi connectivity index (χ2v) is 6.75. The number of rotatable bonds is 6. The number of methoxy groups -OCH3 is 3. The van der Waals surface area contributed by atoms with Crippen molar-refractivity contribution in [1.29, 1.82) is 0 Å². The van der Waals surface area contributed by atoms with Crippen molar-refractivity contribution in [2.45, 2.75) is 18.9 Å². The highest BCUT2D eigenvalue weighted by molar-refractivity contribution is 5.96. The first kappa shape index (κ1) is 19.0. The van der Waals surface area contributed by atoms with Crippen LogP contribution in [0.15, 0.2) is 30.7 Å². The van der Waals surface area contributed by atoms with Gasteiger partial charge in [0.15, 0.2) is 17.3 Å². The Bertz CT molecular complexity index is 977. The molecule has 29 heavy (non-hydrogen) atoms. The smallest absolute Gasteiger partial charge is 0.205 e. The maximum Gasteiger partial charge on any atom is 0.205 e. The fourth-order valence-electron chi connectivity index (χ4n) is 3.69. The predicted octanol–water partition coefficient (Wildman–Crippen LogP) is 2.53. The third kappa shape index (κ3) is 3.67. The lowest BCUT2D eigenvalue weighted by atomic mass is 10.0. The molecule has 4 rings (SSSR count). The van der Waals surface area contributed by atoms with E-state index in [9.17, 15) is 0 Å². The summed E-state index contributed by atoms with van der Waals surface area (Å²) in [4.78, 5) is 11.1. The second kappa shape index (κ2) is 8.34. The van der Waals surface area contributed by atoms with Crippen LogP contribution in [0, 0.1) is 0 Å². The van der Waals surface area contributed by atoms with E-state index in [1.54, 1.807) is 27.5 Å². The monoisotopic (exact) mass is 396 g/mol. The second-order valence-electron chi connectivity index (χ2n) is 6.75. The van der Waals surface area contributed by atoms with Gasteiger partial charge >= 0.3 is 0 Å². The average Bonchev–Trinajstić information content (AvgIpc) is 2.79. The third-order valence-electron chi connectivity index (χ3n) is 5.15. The van der Waals surface area contributed by atoms with Crippen molar-refractivity contribution < 1.29 is 14.2 Å². The molecule has 0 unspecified atom stereocenters. The number of hydrogen-bond donors (Lipinski definition) is 1. The minimum atomic E-state index is 0.292. The number of nitrogens with zero attached hydrogens (tertiary/aromatic N) is 5. The molecule has 1 saturated heterocycles. The van der Waals surface area contributed by atoms with E-state index in [-0.39, 0.29) is 0 Å². The number of ether oxygens (including phenoxy) is 3. The number of hydrogen-bond acceptors (Lipinski definition) is 9. The SMILES string of the molecule is COc1cc2c(NC3CCN(c4cccnn4)CC3)ncnc2c(OC)c1OC. The summed E-state index contributed by atoms with van der Waals surface area (Å²) in [5.41, 5.74) is 0.680. The summed E-state index contributed by atoms with van der Waals surface area (Å²) in [5.74, 6) is 3.30. The largest absolute Gasteiger partial charge is 0.493 e. The molecule has 152 valence electrons. The summed E-state index contributed by atoms with van der Waals surface area (Å²) in [6, 6.07) is 6.08. The Morgan fingerprint density at radius 2 is 1.83 bits per heavy atom. The number of nitrogens with one attached hydrogen (secondary N) is 1. The summed E-state index contributed by atoms with van der Waals surface area (Å²) in [6.45, 7) is 1.81. The van der Waals surface area contributed by atoms with Crippen molar-refractivity contribution in [3.8, 4) is 17.2 Å². The van der Waals surface area contributed by atoms with Gasteiger partial charge in [0.05, 0.1) is 26.7 Å². The highest BCUT2D eigenvalue weighted by Gasteiger charge is 2.23. The van der Waals surface area contributed by atoms with E-state index in [1.165, 1.54) is 6.33 Å². The molecule has 9 nitrogen and oxygen atoms in total. The Kier molecular flexibility index (Phi) is 5.46. The van der Waals surface area contributed by atoms with Crippen LogP contribution < -0.4 is 24.4 Å². The number of fused-ring (bicyclic) bond motifs is 1. The molecule has 0 aliphatic carbocycles. The van der Waals surface area contributed by atoms with Crippen LogP contribution in [-0.2, 0) is 0 Å². The third-order valence-corrected chi connectivity index (χ3v) is 5.15. The molecular formula is C20H24N6O3. The number of piperidine rings is 1. The summed E-state index contributed by atoms with van der Waals surface area (Å²) >= 11 is 0. The van der Waals surface area contributed by atoms with E-state index in [4.69, 9.17) is 14.2 Å². The van der Waals surface area contributed by atoms with Crippen molar-refractivity contribution in [1.82, 2.24) is 20.2 Å². The van der Waals surface area contributed by atoms with Gasteiger partial charge in [-0.25, -0.2) is 9.97 Å². The molecule has 1 aliphatic rings. The van der Waals surface area contributed by atoms with Gasteiger partial charge in [-0.2, -0.15) is 5.10 Å². The van der Waals surface area contributed by atoms with Gasteiger partial charge in [0, 0.05) is 25.3 Å². The molecule has 0 saturated carbocycles. The van der Waals surface area contributed by atoms with Crippen LogP contribution >= 0.6 is 0 Å². The van der Waals surface area contributed by atoms with Crippen LogP contribution in [0.4, 0.5) is 11.6 Å². The Balaban J connectivity index is 1.57. The van der Waals surface area contributed by atoms with E-state index in [2.05, 4.69) is 30.4 Å². The minimum absolute atomic E-state index is 0.292.